The van der Waals surface area contributed by atoms with E-state index in [4.69, 9.17) is 0 Å². The third-order valence-electron chi connectivity index (χ3n) is 3.78. The molecule has 0 saturated carbocycles. The predicted molar refractivity (Wildman–Crippen MR) is 78.3 cm³/mol. The second-order valence-corrected chi connectivity index (χ2v) is 8.32. The van der Waals surface area contributed by atoms with Gasteiger partial charge in [0.25, 0.3) is 0 Å². The monoisotopic (exact) mass is 282 g/mol. The first kappa shape index (κ1) is 15.9. The van der Waals surface area contributed by atoms with Crippen molar-refractivity contribution in [2.45, 2.75) is 45.8 Å². The van der Waals surface area contributed by atoms with Crippen LogP contribution in [0.25, 0.3) is 0 Å². The molecule has 0 spiro atoms. The Morgan fingerprint density at radius 3 is 1.89 bits per heavy atom. The molecule has 0 amide bonds. The van der Waals surface area contributed by atoms with Crippen LogP contribution < -0.4 is 0 Å². The van der Waals surface area contributed by atoms with E-state index < -0.39 is 14.6 Å². The zero-order chi connectivity index (χ0) is 15.0. The molecule has 0 aliphatic carbocycles. The van der Waals surface area contributed by atoms with Gasteiger partial charge in [0.1, 0.15) is 4.75 Å². The smallest absolute Gasteiger partial charge is 0.159 e. The van der Waals surface area contributed by atoms with Crippen LogP contribution in [-0.2, 0) is 21.1 Å². The first-order valence-electron chi connectivity index (χ1n) is 6.26. The fraction of sp³-hybridized carbons (Fsp3) is 0.533. The number of hydrogen-bond donors (Lipinski definition) is 0. The lowest BCUT2D eigenvalue weighted by atomic mass is 9.92. The molecule has 0 N–H and O–H groups in total. The van der Waals surface area contributed by atoms with Crippen LogP contribution >= 0.6 is 0 Å². The number of benzene rings is 1. The molecule has 0 radical (unpaired) electrons. The van der Waals surface area contributed by atoms with E-state index >= 15 is 0 Å². The second-order valence-electron chi connectivity index (χ2n) is 5.76. The molecular weight excluding hydrogens is 260 g/mol. The van der Waals surface area contributed by atoms with Gasteiger partial charge in [0.2, 0.25) is 0 Å². The van der Waals surface area contributed by atoms with Gasteiger partial charge in [0.05, 0.1) is 0 Å². The molecule has 1 aromatic carbocycles. The molecule has 0 aliphatic rings. The molecule has 106 valence electrons. The Bertz CT molecular complexity index is 587. The average molecular weight is 282 g/mol. The summed E-state index contributed by atoms with van der Waals surface area (Å²) in [6, 6.07) is 4.03. The molecule has 4 heteroatoms. The first-order valence-corrected chi connectivity index (χ1v) is 8.15. The predicted octanol–water partition coefficient (Wildman–Crippen LogP) is 2.55. The fourth-order valence-corrected chi connectivity index (χ4v) is 2.55. The molecule has 0 atom stereocenters. The molecule has 0 aliphatic heterocycles. The molecule has 1 rings (SSSR count). The Hall–Kier alpha value is -1.16. The lowest BCUT2D eigenvalue weighted by molar-refractivity contribution is -0.120. The van der Waals surface area contributed by atoms with E-state index in [0.717, 1.165) is 28.5 Å². The van der Waals surface area contributed by atoms with Crippen molar-refractivity contribution in [1.29, 1.82) is 0 Å². The molecule has 1 aromatic rings. The molecule has 0 unspecified atom stereocenters. The molecule has 0 saturated heterocycles. The van der Waals surface area contributed by atoms with Gasteiger partial charge in [-0.1, -0.05) is 17.7 Å². The maximum absolute atomic E-state index is 12.3. The lowest BCUT2D eigenvalue weighted by Gasteiger charge is -2.22. The number of rotatable bonds is 4. The van der Waals surface area contributed by atoms with E-state index in [9.17, 15) is 13.2 Å². The van der Waals surface area contributed by atoms with Crippen molar-refractivity contribution in [3.8, 4) is 0 Å². The summed E-state index contributed by atoms with van der Waals surface area (Å²) in [6.07, 6.45) is 1.28. The van der Waals surface area contributed by atoms with Crippen LogP contribution in [0.1, 0.15) is 36.1 Å². The highest BCUT2D eigenvalue weighted by Gasteiger charge is 2.38. The first-order chi connectivity index (χ1) is 8.46. The number of aryl methyl sites for hydroxylation is 3. The van der Waals surface area contributed by atoms with Gasteiger partial charge in [-0.25, -0.2) is 8.42 Å². The van der Waals surface area contributed by atoms with Gasteiger partial charge in [-0.15, -0.1) is 0 Å². The van der Waals surface area contributed by atoms with Gasteiger partial charge in [-0.3, -0.25) is 4.79 Å². The van der Waals surface area contributed by atoms with Gasteiger partial charge in [0.15, 0.2) is 15.6 Å². The van der Waals surface area contributed by atoms with Crippen LogP contribution in [0, 0.1) is 20.8 Å². The maximum atomic E-state index is 12.3. The summed E-state index contributed by atoms with van der Waals surface area (Å²) >= 11 is 0. The van der Waals surface area contributed by atoms with E-state index in [1.807, 2.05) is 32.9 Å². The highest BCUT2D eigenvalue weighted by molar-refractivity contribution is 7.92. The van der Waals surface area contributed by atoms with Crippen LogP contribution in [0.2, 0.25) is 0 Å². The van der Waals surface area contributed by atoms with Crippen LogP contribution in [0.3, 0.4) is 0 Å². The van der Waals surface area contributed by atoms with Crippen LogP contribution in [0.4, 0.5) is 0 Å². The average Bonchev–Trinajstić information content (AvgIpc) is 2.21. The Labute approximate surface area is 116 Å². The normalized spacial score (nSPS) is 12.5. The minimum atomic E-state index is -3.41. The van der Waals surface area contributed by atoms with E-state index in [0.29, 0.717) is 0 Å². The summed E-state index contributed by atoms with van der Waals surface area (Å²) < 4.78 is 22.0. The van der Waals surface area contributed by atoms with E-state index in [-0.39, 0.29) is 12.2 Å². The third-order valence-corrected chi connectivity index (χ3v) is 5.86. The third kappa shape index (κ3) is 3.24. The summed E-state index contributed by atoms with van der Waals surface area (Å²) in [7, 11) is -3.41. The minimum absolute atomic E-state index is 0.165. The lowest BCUT2D eigenvalue weighted by Crippen LogP contribution is -2.41. The van der Waals surface area contributed by atoms with E-state index in [1.165, 1.54) is 13.8 Å². The molecule has 0 aromatic heterocycles. The highest BCUT2D eigenvalue weighted by atomic mass is 32.2. The van der Waals surface area contributed by atoms with Crippen molar-refractivity contribution >= 4 is 15.6 Å². The second kappa shape index (κ2) is 5.08. The van der Waals surface area contributed by atoms with Crippen molar-refractivity contribution in [1.82, 2.24) is 0 Å². The highest BCUT2D eigenvalue weighted by Crippen LogP contribution is 2.23. The molecule has 3 nitrogen and oxygen atoms in total. The van der Waals surface area contributed by atoms with Crippen LogP contribution in [0.5, 0.6) is 0 Å². The maximum Gasteiger partial charge on any atom is 0.159 e. The number of carbonyl (C=O) groups excluding carboxylic acids is 1. The Balaban J connectivity index is 3.15. The SMILES string of the molecule is Cc1cc(C)c(CC(=O)C(C)(C)S(C)(=O)=O)c(C)c1. The van der Waals surface area contributed by atoms with Crippen molar-refractivity contribution in [2.24, 2.45) is 0 Å². The fourth-order valence-electron chi connectivity index (χ4n) is 2.07. The number of Topliss-reactive ketones (excluding diaryl/α,β-unsaturated/α-hetero) is 1. The number of ketones is 1. The van der Waals surface area contributed by atoms with Gasteiger partial charge in [-0.05, 0) is 51.3 Å². The molecule has 19 heavy (non-hydrogen) atoms. The quantitative estimate of drug-likeness (QED) is 0.852. The van der Waals surface area contributed by atoms with Crippen LogP contribution in [0.15, 0.2) is 12.1 Å². The molecular formula is C15H22O3S. The van der Waals surface area contributed by atoms with Crippen molar-refractivity contribution in [3.63, 3.8) is 0 Å². The summed E-state index contributed by atoms with van der Waals surface area (Å²) in [6.45, 7) is 8.87. The largest absolute Gasteiger partial charge is 0.298 e. The number of sulfone groups is 1. The van der Waals surface area contributed by atoms with Gasteiger partial charge >= 0.3 is 0 Å². The summed E-state index contributed by atoms with van der Waals surface area (Å²) in [5.41, 5.74) is 4.16. The Morgan fingerprint density at radius 1 is 1.11 bits per heavy atom. The van der Waals surface area contributed by atoms with Crippen molar-refractivity contribution < 1.29 is 13.2 Å². The summed E-state index contributed by atoms with van der Waals surface area (Å²) in [4.78, 5) is 12.3. The van der Waals surface area contributed by atoms with Crippen molar-refractivity contribution in [2.75, 3.05) is 6.26 Å². The molecule has 0 heterocycles. The Kier molecular flexibility index (Phi) is 4.25. The van der Waals surface area contributed by atoms with Gasteiger partial charge in [-0.2, -0.15) is 0 Å². The zero-order valence-corrected chi connectivity index (χ0v) is 13.3. The zero-order valence-electron chi connectivity index (χ0n) is 12.5. The van der Waals surface area contributed by atoms with E-state index in [1.54, 1.807) is 0 Å². The summed E-state index contributed by atoms with van der Waals surface area (Å²) in [5.74, 6) is -0.259. The number of carbonyl (C=O) groups is 1. The standard InChI is InChI=1S/C15H22O3S/c1-10-7-11(2)13(12(3)8-10)9-14(16)15(4,5)19(6,17)18/h7-8H,9H2,1-6H3. The van der Waals surface area contributed by atoms with Crippen LogP contribution in [-0.4, -0.2) is 25.2 Å². The number of hydrogen-bond acceptors (Lipinski definition) is 3. The molecule has 0 fully saturated rings. The minimum Gasteiger partial charge on any atom is -0.298 e. The summed E-state index contributed by atoms with van der Waals surface area (Å²) in [5, 5.41) is 0. The van der Waals surface area contributed by atoms with Gasteiger partial charge in [0, 0.05) is 12.7 Å². The van der Waals surface area contributed by atoms with Gasteiger partial charge < -0.3 is 0 Å². The topological polar surface area (TPSA) is 51.2 Å². The van der Waals surface area contributed by atoms with Crippen molar-refractivity contribution in [3.05, 3.63) is 34.4 Å². The molecule has 0 bridgehead atoms. The van der Waals surface area contributed by atoms with E-state index in [2.05, 4.69) is 0 Å². The Morgan fingerprint density at radius 2 is 1.53 bits per heavy atom.